The van der Waals surface area contributed by atoms with Crippen molar-refractivity contribution in [1.82, 2.24) is 0 Å². The van der Waals surface area contributed by atoms with Crippen LogP contribution < -0.4 is 0 Å². The summed E-state index contributed by atoms with van der Waals surface area (Å²) < 4.78 is 0. The lowest BCUT2D eigenvalue weighted by molar-refractivity contribution is -0.0209. The van der Waals surface area contributed by atoms with Crippen LogP contribution in [0.5, 0.6) is 0 Å². The van der Waals surface area contributed by atoms with Crippen molar-refractivity contribution in [3.63, 3.8) is 0 Å². The molecule has 0 aliphatic carbocycles. The van der Waals surface area contributed by atoms with Gasteiger partial charge in [0.2, 0.25) is 0 Å². The van der Waals surface area contributed by atoms with Gasteiger partial charge >= 0.3 is 0 Å². The first-order valence-electron chi connectivity index (χ1n) is 5.71. The van der Waals surface area contributed by atoms with Crippen LogP contribution in [0.2, 0.25) is 5.02 Å². The van der Waals surface area contributed by atoms with Crippen LogP contribution in [-0.4, -0.2) is 16.3 Å². The van der Waals surface area contributed by atoms with Gasteiger partial charge in [-0.1, -0.05) is 50.4 Å². The van der Waals surface area contributed by atoms with Crippen molar-refractivity contribution in [3.05, 3.63) is 34.9 Å². The molecule has 0 radical (unpaired) electrons. The topological polar surface area (TPSA) is 40.5 Å². The van der Waals surface area contributed by atoms with E-state index in [1.54, 1.807) is 24.3 Å². The number of hydrogen-bond donors (Lipinski definition) is 2. The summed E-state index contributed by atoms with van der Waals surface area (Å²) in [5, 5.41) is 20.7. The number of halogens is 1. The van der Waals surface area contributed by atoms with Crippen molar-refractivity contribution in [2.75, 3.05) is 0 Å². The summed E-state index contributed by atoms with van der Waals surface area (Å²) in [6.07, 6.45) is 0.184. The van der Waals surface area contributed by atoms with E-state index >= 15 is 0 Å². The lowest BCUT2D eigenvalue weighted by Crippen LogP contribution is -2.26. The van der Waals surface area contributed by atoms with E-state index in [9.17, 15) is 10.2 Å². The molecular formula is C13H19ClO2. The van der Waals surface area contributed by atoms with Crippen LogP contribution in [0.15, 0.2) is 24.3 Å². The Balaban J connectivity index is 2.76. The Labute approximate surface area is 102 Å². The first-order valence-corrected chi connectivity index (χ1v) is 6.09. The maximum Gasteiger partial charge on any atom is 0.105 e. The molecule has 0 aromatic heterocycles. The van der Waals surface area contributed by atoms with Crippen molar-refractivity contribution >= 4 is 11.6 Å². The third kappa shape index (κ3) is 3.21. The molecule has 0 aliphatic heterocycles. The van der Waals surface area contributed by atoms with E-state index in [0.717, 1.165) is 12.8 Å². The highest BCUT2D eigenvalue weighted by Gasteiger charge is 2.24. The second-order valence-electron chi connectivity index (χ2n) is 4.06. The molecule has 2 atom stereocenters. The first kappa shape index (κ1) is 13.5. The lowest BCUT2D eigenvalue weighted by Gasteiger charge is -2.25. The number of rotatable bonds is 5. The molecule has 16 heavy (non-hydrogen) atoms. The van der Waals surface area contributed by atoms with Gasteiger partial charge in [0, 0.05) is 5.02 Å². The number of aliphatic hydroxyl groups excluding tert-OH is 2. The molecule has 1 aromatic carbocycles. The smallest absolute Gasteiger partial charge is 0.105 e. The minimum atomic E-state index is -0.831. The van der Waals surface area contributed by atoms with Crippen molar-refractivity contribution in [1.29, 1.82) is 0 Å². The van der Waals surface area contributed by atoms with Crippen LogP contribution in [0.3, 0.4) is 0 Å². The summed E-state index contributed by atoms with van der Waals surface area (Å²) >= 11 is 5.77. The monoisotopic (exact) mass is 242 g/mol. The van der Waals surface area contributed by atoms with Crippen LogP contribution in [0.1, 0.15) is 38.4 Å². The average Bonchev–Trinajstić information content (AvgIpc) is 2.30. The van der Waals surface area contributed by atoms with Gasteiger partial charge in [-0.05, 0) is 23.6 Å². The van der Waals surface area contributed by atoms with E-state index in [1.165, 1.54) is 0 Å². The van der Waals surface area contributed by atoms with Crippen LogP contribution in [0, 0.1) is 5.92 Å². The van der Waals surface area contributed by atoms with Crippen LogP contribution in [0.25, 0.3) is 0 Å². The van der Waals surface area contributed by atoms with E-state index in [1.807, 2.05) is 13.8 Å². The second-order valence-corrected chi connectivity index (χ2v) is 4.50. The highest BCUT2D eigenvalue weighted by molar-refractivity contribution is 6.30. The maximum absolute atomic E-state index is 10.0. The van der Waals surface area contributed by atoms with E-state index in [0.29, 0.717) is 10.6 Å². The van der Waals surface area contributed by atoms with Crippen LogP contribution in [0.4, 0.5) is 0 Å². The summed E-state index contributed by atoms with van der Waals surface area (Å²) in [5.41, 5.74) is 0.712. The van der Waals surface area contributed by atoms with Gasteiger partial charge < -0.3 is 10.2 Å². The summed E-state index contributed by atoms with van der Waals surface area (Å²) in [6.45, 7) is 4.04. The Bertz CT molecular complexity index is 306. The van der Waals surface area contributed by atoms with Crippen molar-refractivity contribution in [2.45, 2.75) is 38.9 Å². The molecule has 1 aromatic rings. The van der Waals surface area contributed by atoms with E-state index < -0.39 is 12.2 Å². The van der Waals surface area contributed by atoms with Gasteiger partial charge in [0.05, 0.1) is 6.10 Å². The Morgan fingerprint density at radius 3 is 2.00 bits per heavy atom. The highest BCUT2D eigenvalue weighted by Crippen LogP contribution is 2.26. The summed E-state index contributed by atoms with van der Waals surface area (Å²) in [4.78, 5) is 0. The molecular weight excluding hydrogens is 224 g/mol. The Morgan fingerprint density at radius 1 is 1.06 bits per heavy atom. The van der Waals surface area contributed by atoms with Crippen molar-refractivity contribution in [3.8, 4) is 0 Å². The maximum atomic E-state index is 10.0. The molecule has 0 spiro atoms. The zero-order valence-electron chi connectivity index (χ0n) is 9.73. The van der Waals surface area contributed by atoms with Gasteiger partial charge in [0.1, 0.15) is 6.10 Å². The van der Waals surface area contributed by atoms with Gasteiger partial charge in [0.25, 0.3) is 0 Å². The fourth-order valence-corrected chi connectivity index (χ4v) is 2.01. The Hall–Kier alpha value is -0.570. The molecule has 2 N–H and O–H groups in total. The molecule has 0 heterocycles. The fraction of sp³-hybridized carbons (Fsp3) is 0.538. The number of aliphatic hydroxyl groups is 2. The van der Waals surface area contributed by atoms with Crippen LogP contribution >= 0.6 is 11.6 Å². The first-order chi connectivity index (χ1) is 7.60. The normalized spacial score (nSPS) is 15.1. The molecule has 0 amide bonds. The minimum Gasteiger partial charge on any atom is -0.390 e. The quantitative estimate of drug-likeness (QED) is 0.833. The predicted octanol–water partition coefficient (Wildman–Crippen LogP) is 3.17. The molecule has 90 valence electrons. The third-order valence-electron chi connectivity index (χ3n) is 3.07. The SMILES string of the molecule is CCC(CC)C(O)C(O)c1ccc(Cl)cc1. The van der Waals surface area contributed by atoms with E-state index in [-0.39, 0.29) is 5.92 Å². The largest absolute Gasteiger partial charge is 0.390 e. The van der Waals surface area contributed by atoms with Gasteiger partial charge in [-0.15, -0.1) is 0 Å². The van der Waals surface area contributed by atoms with Gasteiger partial charge in [-0.3, -0.25) is 0 Å². The molecule has 0 aliphatic rings. The van der Waals surface area contributed by atoms with Gasteiger partial charge in [-0.2, -0.15) is 0 Å². The lowest BCUT2D eigenvalue weighted by atomic mass is 9.90. The fourth-order valence-electron chi connectivity index (χ4n) is 1.89. The summed E-state index contributed by atoms with van der Waals surface area (Å²) in [7, 11) is 0. The standard InChI is InChI=1S/C13H19ClO2/c1-3-9(4-2)12(15)13(16)10-5-7-11(14)8-6-10/h5-9,12-13,15-16H,3-4H2,1-2H3. The molecule has 0 saturated carbocycles. The summed E-state index contributed by atoms with van der Waals surface area (Å²) in [5.74, 6) is 0.130. The second kappa shape index (κ2) is 6.24. The summed E-state index contributed by atoms with van der Waals surface area (Å²) in [6, 6.07) is 6.94. The predicted molar refractivity (Wildman–Crippen MR) is 66.5 cm³/mol. The van der Waals surface area contributed by atoms with Crippen molar-refractivity contribution in [2.24, 2.45) is 5.92 Å². The van der Waals surface area contributed by atoms with Crippen LogP contribution in [-0.2, 0) is 0 Å². The Kier molecular flexibility index (Phi) is 5.26. The van der Waals surface area contributed by atoms with Gasteiger partial charge in [0.15, 0.2) is 0 Å². The Morgan fingerprint density at radius 2 is 1.56 bits per heavy atom. The molecule has 0 bridgehead atoms. The molecule has 2 unspecified atom stereocenters. The highest BCUT2D eigenvalue weighted by atomic mass is 35.5. The van der Waals surface area contributed by atoms with E-state index in [2.05, 4.69) is 0 Å². The minimum absolute atomic E-state index is 0.130. The molecule has 2 nitrogen and oxygen atoms in total. The van der Waals surface area contributed by atoms with E-state index in [4.69, 9.17) is 11.6 Å². The third-order valence-corrected chi connectivity index (χ3v) is 3.32. The molecule has 0 saturated heterocycles. The van der Waals surface area contributed by atoms with Crippen molar-refractivity contribution < 1.29 is 10.2 Å². The molecule has 1 rings (SSSR count). The number of hydrogen-bond acceptors (Lipinski definition) is 2. The number of benzene rings is 1. The molecule has 0 fully saturated rings. The molecule has 3 heteroatoms. The zero-order valence-corrected chi connectivity index (χ0v) is 10.5. The van der Waals surface area contributed by atoms with Gasteiger partial charge in [-0.25, -0.2) is 0 Å². The zero-order chi connectivity index (χ0) is 12.1. The average molecular weight is 243 g/mol.